The van der Waals surface area contributed by atoms with Gasteiger partial charge in [0.25, 0.3) is 0 Å². The number of amides is 2. The van der Waals surface area contributed by atoms with E-state index in [1.165, 1.54) is 0 Å². The third-order valence-electron chi connectivity index (χ3n) is 6.55. The summed E-state index contributed by atoms with van der Waals surface area (Å²) in [6.45, 7) is 3.98. The summed E-state index contributed by atoms with van der Waals surface area (Å²) < 4.78 is 17.0. The van der Waals surface area contributed by atoms with Crippen LogP contribution < -0.4 is 10.6 Å². The number of ether oxygens (including phenoxy) is 3. The molecule has 0 bridgehead atoms. The second-order valence-corrected chi connectivity index (χ2v) is 9.33. The van der Waals surface area contributed by atoms with Crippen LogP contribution in [-0.2, 0) is 20.8 Å². The first kappa shape index (κ1) is 24.6. The Kier molecular flexibility index (Phi) is 7.57. The normalized spacial score (nSPS) is 20.4. The van der Waals surface area contributed by atoms with Crippen LogP contribution in [0.15, 0.2) is 36.4 Å². The third kappa shape index (κ3) is 6.32. The first-order valence-corrected chi connectivity index (χ1v) is 12.1. The fourth-order valence-electron chi connectivity index (χ4n) is 4.45. The summed E-state index contributed by atoms with van der Waals surface area (Å²) >= 11 is 0. The Balaban J connectivity index is 1.37. The molecule has 2 atom stereocenters. The second kappa shape index (κ2) is 10.8. The molecule has 188 valence electrons. The summed E-state index contributed by atoms with van der Waals surface area (Å²) in [5, 5.41) is 9.94. The average Bonchev–Trinajstić information content (AvgIpc) is 3.44. The van der Waals surface area contributed by atoms with E-state index in [1.54, 1.807) is 13.0 Å². The van der Waals surface area contributed by atoms with Crippen LogP contribution in [0.1, 0.15) is 69.5 Å². The number of benzene rings is 1. The third-order valence-corrected chi connectivity index (χ3v) is 6.55. The van der Waals surface area contributed by atoms with Crippen molar-refractivity contribution in [2.45, 2.75) is 76.5 Å². The minimum absolute atomic E-state index is 0.0244. The highest BCUT2D eigenvalue weighted by atomic mass is 16.6. The van der Waals surface area contributed by atoms with Crippen molar-refractivity contribution >= 4 is 24.1 Å². The Labute approximate surface area is 204 Å². The zero-order chi connectivity index (χ0) is 24.8. The van der Waals surface area contributed by atoms with Crippen molar-refractivity contribution in [2.24, 2.45) is 0 Å². The molecule has 1 heterocycles. The maximum atomic E-state index is 12.4. The molecule has 35 heavy (non-hydrogen) atoms. The molecule has 2 N–H and O–H groups in total. The lowest BCUT2D eigenvalue weighted by molar-refractivity contribution is 0.0813. The molecule has 0 unspecified atom stereocenters. The van der Waals surface area contributed by atoms with Gasteiger partial charge in [-0.05, 0) is 57.9 Å². The molecule has 2 aliphatic rings. The molecule has 1 aromatic heterocycles. The molecule has 2 aliphatic carbocycles. The Morgan fingerprint density at radius 2 is 1.89 bits per heavy atom. The van der Waals surface area contributed by atoms with Gasteiger partial charge in [-0.25, -0.2) is 14.4 Å². The van der Waals surface area contributed by atoms with E-state index < -0.39 is 18.3 Å². The van der Waals surface area contributed by atoms with Crippen molar-refractivity contribution in [3.05, 3.63) is 47.7 Å². The molecule has 0 aliphatic heterocycles. The van der Waals surface area contributed by atoms with E-state index in [-0.39, 0.29) is 36.6 Å². The van der Waals surface area contributed by atoms with Gasteiger partial charge in [-0.15, -0.1) is 4.68 Å². The number of alkyl carbamates (subject to hydrolysis) is 1. The molecule has 2 amide bonds. The molecular formula is C25H32N4O6. The molecule has 2 saturated carbocycles. The fraction of sp³-hybridized carbons (Fsp3) is 0.520. The van der Waals surface area contributed by atoms with Gasteiger partial charge in [-0.2, -0.15) is 5.10 Å². The largest absolute Gasteiger partial charge is 0.448 e. The number of aromatic nitrogens is 2. The van der Waals surface area contributed by atoms with E-state index >= 15 is 0 Å². The van der Waals surface area contributed by atoms with Gasteiger partial charge in [0.1, 0.15) is 18.5 Å². The van der Waals surface area contributed by atoms with E-state index in [1.807, 2.05) is 37.3 Å². The zero-order valence-electron chi connectivity index (χ0n) is 20.1. The van der Waals surface area contributed by atoms with Crippen molar-refractivity contribution in [3.63, 3.8) is 0 Å². The predicted octanol–water partition coefficient (Wildman–Crippen LogP) is 4.94. The summed E-state index contributed by atoms with van der Waals surface area (Å²) in [4.78, 5) is 37.1. The maximum absolute atomic E-state index is 12.4. The molecule has 0 spiro atoms. The van der Waals surface area contributed by atoms with Gasteiger partial charge in [0.05, 0.1) is 12.3 Å². The number of anilines is 1. The first-order valence-electron chi connectivity index (χ1n) is 12.1. The first-order chi connectivity index (χ1) is 16.8. The van der Waals surface area contributed by atoms with Gasteiger partial charge >= 0.3 is 18.3 Å². The number of hydrogen-bond donors (Lipinski definition) is 2. The number of carbonyl (C=O) groups excluding carboxylic acids is 3. The van der Waals surface area contributed by atoms with Crippen molar-refractivity contribution in [2.75, 3.05) is 11.9 Å². The van der Waals surface area contributed by atoms with Crippen LogP contribution in [0.25, 0.3) is 0 Å². The van der Waals surface area contributed by atoms with Crippen LogP contribution in [0, 0.1) is 0 Å². The molecule has 10 nitrogen and oxygen atoms in total. The topological polar surface area (TPSA) is 121 Å². The molecule has 10 heteroatoms. The molecule has 0 radical (unpaired) electrons. The Bertz CT molecular complexity index is 1050. The van der Waals surface area contributed by atoms with Crippen LogP contribution in [0.4, 0.5) is 20.2 Å². The average molecular weight is 485 g/mol. The zero-order valence-corrected chi connectivity index (χ0v) is 20.1. The molecule has 2 fully saturated rings. The lowest BCUT2D eigenvalue weighted by Gasteiger charge is -2.38. The summed E-state index contributed by atoms with van der Waals surface area (Å²) in [6.07, 6.45) is 3.03. The second-order valence-electron chi connectivity index (χ2n) is 9.33. The van der Waals surface area contributed by atoms with Gasteiger partial charge in [0, 0.05) is 17.5 Å². The molecular weight excluding hydrogens is 452 g/mol. The fourth-order valence-corrected chi connectivity index (χ4v) is 4.45. The van der Waals surface area contributed by atoms with Crippen molar-refractivity contribution < 1.29 is 28.6 Å². The van der Waals surface area contributed by atoms with Gasteiger partial charge in [0.15, 0.2) is 0 Å². The van der Waals surface area contributed by atoms with E-state index in [0.29, 0.717) is 18.5 Å². The Hall–Kier alpha value is -3.56. The number of rotatable bonds is 7. The summed E-state index contributed by atoms with van der Waals surface area (Å²) in [5.41, 5.74) is 1.30. The SMILES string of the molecule is CCOC(=O)n1nc([C@H]2CC[C@@H](OC(=O)NC3(C)CCC3)C2)cc1NC(=O)OCc1ccccc1. The summed E-state index contributed by atoms with van der Waals surface area (Å²) in [6, 6.07) is 10.9. The minimum Gasteiger partial charge on any atom is -0.448 e. The summed E-state index contributed by atoms with van der Waals surface area (Å²) in [5.74, 6) is 0.139. The highest BCUT2D eigenvalue weighted by Gasteiger charge is 2.36. The van der Waals surface area contributed by atoms with Crippen molar-refractivity contribution in [1.29, 1.82) is 0 Å². The van der Waals surface area contributed by atoms with Crippen LogP contribution in [0.2, 0.25) is 0 Å². The number of hydrogen-bond acceptors (Lipinski definition) is 7. The standard InChI is InChI=1S/C25H32N4O6/c1-3-33-24(32)29-21(26-22(30)34-16-17-8-5-4-6-9-17)15-20(28-29)18-10-11-19(14-18)35-23(31)27-25(2)12-7-13-25/h4-6,8-9,15,18-19H,3,7,10-14,16H2,1-2H3,(H,26,30)(H,27,31)/t18-,19+/m0/s1. The molecule has 2 aromatic rings. The minimum atomic E-state index is -0.709. The number of nitrogens with one attached hydrogen (secondary N) is 2. The maximum Gasteiger partial charge on any atom is 0.436 e. The van der Waals surface area contributed by atoms with Gasteiger partial charge < -0.3 is 19.5 Å². The highest BCUT2D eigenvalue weighted by molar-refractivity contribution is 5.86. The van der Waals surface area contributed by atoms with Crippen LogP contribution in [-0.4, -0.2) is 46.3 Å². The lowest BCUT2D eigenvalue weighted by Crippen LogP contribution is -2.51. The Morgan fingerprint density at radius 3 is 2.57 bits per heavy atom. The monoisotopic (exact) mass is 484 g/mol. The number of carbonyl (C=O) groups is 3. The highest BCUT2D eigenvalue weighted by Crippen LogP contribution is 2.37. The molecule has 1 aromatic carbocycles. The van der Waals surface area contributed by atoms with Gasteiger partial charge in [0.2, 0.25) is 0 Å². The van der Waals surface area contributed by atoms with Gasteiger partial charge in [-0.3, -0.25) is 5.32 Å². The summed E-state index contributed by atoms with van der Waals surface area (Å²) in [7, 11) is 0. The smallest absolute Gasteiger partial charge is 0.436 e. The van der Waals surface area contributed by atoms with Crippen LogP contribution in [0.3, 0.4) is 0 Å². The van der Waals surface area contributed by atoms with Crippen molar-refractivity contribution in [1.82, 2.24) is 15.1 Å². The Morgan fingerprint density at radius 1 is 1.11 bits per heavy atom. The molecule has 4 rings (SSSR count). The lowest BCUT2D eigenvalue weighted by atomic mass is 9.79. The van der Waals surface area contributed by atoms with E-state index in [9.17, 15) is 14.4 Å². The van der Waals surface area contributed by atoms with Crippen LogP contribution in [0.5, 0.6) is 0 Å². The van der Waals surface area contributed by atoms with E-state index in [0.717, 1.165) is 35.9 Å². The van der Waals surface area contributed by atoms with E-state index in [2.05, 4.69) is 15.7 Å². The number of nitrogens with zero attached hydrogens (tertiary/aromatic N) is 2. The van der Waals surface area contributed by atoms with Gasteiger partial charge in [-0.1, -0.05) is 30.3 Å². The van der Waals surface area contributed by atoms with Crippen LogP contribution >= 0.6 is 0 Å². The van der Waals surface area contributed by atoms with E-state index in [4.69, 9.17) is 14.2 Å². The van der Waals surface area contributed by atoms with Crippen molar-refractivity contribution in [3.8, 4) is 0 Å². The quantitative estimate of drug-likeness (QED) is 0.534. The predicted molar refractivity (Wildman–Crippen MR) is 127 cm³/mol. The molecule has 0 saturated heterocycles.